The summed E-state index contributed by atoms with van der Waals surface area (Å²) in [4.78, 5) is 11.6. The summed E-state index contributed by atoms with van der Waals surface area (Å²) < 4.78 is 32.1. The summed E-state index contributed by atoms with van der Waals surface area (Å²) in [5, 5.41) is 0. The minimum Gasteiger partial charge on any atom is -0.496 e. The summed E-state index contributed by atoms with van der Waals surface area (Å²) in [5.74, 6) is -0.0482. The van der Waals surface area contributed by atoms with Gasteiger partial charge in [-0.05, 0) is 37.0 Å². The molecule has 1 aliphatic rings. The van der Waals surface area contributed by atoms with Crippen LogP contribution in [0, 0.1) is 5.92 Å². The van der Waals surface area contributed by atoms with E-state index in [2.05, 4.69) is 6.92 Å². The van der Waals surface area contributed by atoms with Crippen molar-refractivity contribution in [1.82, 2.24) is 4.31 Å². The summed E-state index contributed by atoms with van der Waals surface area (Å²) in [6, 6.07) is 4.22. The van der Waals surface area contributed by atoms with Crippen LogP contribution in [-0.4, -0.2) is 38.8 Å². The molecule has 1 aliphatic heterocycles. The lowest BCUT2D eigenvalue weighted by atomic mass is 9.97. The molecule has 0 unspecified atom stereocenters. The zero-order chi connectivity index (χ0) is 16.3. The molecule has 0 spiro atoms. The van der Waals surface area contributed by atoms with Crippen molar-refractivity contribution in [3.63, 3.8) is 0 Å². The first-order chi connectivity index (χ1) is 10.4. The minimum atomic E-state index is -3.62. The highest BCUT2D eigenvalue weighted by atomic mass is 32.2. The normalized spacial score (nSPS) is 19.8. The second-order valence-corrected chi connectivity index (χ2v) is 7.44. The number of piperidine rings is 1. The van der Waals surface area contributed by atoms with Crippen molar-refractivity contribution >= 4 is 15.9 Å². The zero-order valence-electron chi connectivity index (χ0n) is 12.9. The number of sulfonamides is 1. The standard InChI is InChI=1S/C15H22N2O4S/c1-3-11-5-4-8-17(10-11)22(19,20)12-6-7-14(21-2)13(9-12)15(16)18/h6-7,9,11H,3-5,8,10H2,1-2H3,(H2,16,18)/t11-/m0/s1. The van der Waals surface area contributed by atoms with E-state index in [9.17, 15) is 13.2 Å². The Bertz CT molecular complexity index is 658. The molecule has 1 amide bonds. The Balaban J connectivity index is 2.37. The van der Waals surface area contributed by atoms with Crippen molar-refractivity contribution in [2.24, 2.45) is 11.7 Å². The molecule has 1 atom stereocenters. The molecule has 1 saturated heterocycles. The smallest absolute Gasteiger partial charge is 0.252 e. The van der Waals surface area contributed by atoms with E-state index in [0.29, 0.717) is 19.0 Å². The minimum absolute atomic E-state index is 0.0765. The molecule has 1 aromatic rings. The highest BCUT2D eigenvalue weighted by Gasteiger charge is 2.30. The van der Waals surface area contributed by atoms with Crippen molar-refractivity contribution in [2.45, 2.75) is 31.1 Å². The molecular weight excluding hydrogens is 304 g/mol. The van der Waals surface area contributed by atoms with Gasteiger partial charge in [0, 0.05) is 13.1 Å². The highest BCUT2D eigenvalue weighted by Crippen LogP contribution is 2.28. The van der Waals surface area contributed by atoms with Crippen molar-refractivity contribution in [3.8, 4) is 5.75 Å². The van der Waals surface area contributed by atoms with E-state index in [1.54, 1.807) is 0 Å². The van der Waals surface area contributed by atoms with Gasteiger partial charge in [0.25, 0.3) is 5.91 Å². The fraction of sp³-hybridized carbons (Fsp3) is 0.533. The molecule has 0 aliphatic carbocycles. The SMILES string of the molecule is CC[C@H]1CCCN(S(=O)(=O)c2ccc(OC)c(C(N)=O)c2)C1. The van der Waals surface area contributed by atoms with Gasteiger partial charge in [-0.15, -0.1) is 0 Å². The third-order valence-electron chi connectivity index (χ3n) is 4.13. The first-order valence-corrected chi connectivity index (χ1v) is 8.82. The summed E-state index contributed by atoms with van der Waals surface area (Å²) in [5.41, 5.74) is 5.37. The number of primary amides is 1. The number of hydrogen-bond donors (Lipinski definition) is 1. The maximum Gasteiger partial charge on any atom is 0.252 e. The average Bonchev–Trinajstić information content (AvgIpc) is 2.54. The molecule has 122 valence electrons. The number of carbonyl (C=O) groups is 1. The monoisotopic (exact) mass is 326 g/mol. The van der Waals surface area contributed by atoms with E-state index in [1.807, 2.05) is 0 Å². The van der Waals surface area contributed by atoms with Crippen LogP contribution in [-0.2, 0) is 10.0 Å². The van der Waals surface area contributed by atoms with Crippen LogP contribution < -0.4 is 10.5 Å². The Morgan fingerprint density at radius 1 is 1.45 bits per heavy atom. The number of carbonyl (C=O) groups excluding carboxylic acids is 1. The second kappa shape index (κ2) is 6.66. The topological polar surface area (TPSA) is 89.7 Å². The van der Waals surface area contributed by atoms with Gasteiger partial charge in [0.05, 0.1) is 17.6 Å². The fourth-order valence-corrected chi connectivity index (χ4v) is 4.35. The maximum absolute atomic E-state index is 12.8. The first-order valence-electron chi connectivity index (χ1n) is 7.38. The van der Waals surface area contributed by atoms with E-state index in [4.69, 9.17) is 10.5 Å². The predicted octanol–water partition coefficient (Wildman–Crippen LogP) is 1.60. The van der Waals surface area contributed by atoms with Crippen molar-refractivity contribution in [2.75, 3.05) is 20.2 Å². The largest absolute Gasteiger partial charge is 0.496 e. The molecule has 2 rings (SSSR count). The number of nitrogens with zero attached hydrogens (tertiary/aromatic N) is 1. The molecule has 0 saturated carbocycles. The van der Waals surface area contributed by atoms with Gasteiger partial charge >= 0.3 is 0 Å². The Hall–Kier alpha value is -1.60. The summed E-state index contributed by atoms with van der Waals surface area (Å²) >= 11 is 0. The number of hydrogen-bond acceptors (Lipinski definition) is 4. The van der Waals surface area contributed by atoms with E-state index in [0.717, 1.165) is 19.3 Å². The highest BCUT2D eigenvalue weighted by molar-refractivity contribution is 7.89. The number of methoxy groups -OCH3 is 1. The molecule has 1 heterocycles. The molecule has 7 heteroatoms. The molecular formula is C15H22N2O4S. The lowest BCUT2D eigenvalue weighted by molar-refractivity contribution is 0.0997. The molecule has 0 radical (unpaired) electrons. The van der Waals surface area contributed by atoms with Crippen LogP contribution in [0.15, 0.2) is 23.1 Å². The number of amides is 1. The molecule has 0 bridgehead atoms. The summed E-state index contributed by atoms with van der Waals surface area (Å²) in [6.45, 7) is 3.10. The van der Waals surface area contributed by atoms with Gasteiger partial charge in [-0.2, -0.15) is 4.31 Å². The van der Waals surface area contributed by atoms with Gasteiger partial charge in [-0.1, -0.05) is 13.3 Å². The number of nitrogens with two attached hydrogens (primary N) is 1. The maximum atomic E-state index is 12.8. The summed E-state index contributed by atoms with van der Waals surface area (Å²) in [6.07, 6.45) is 2.87. The second-order valence-electron chi connectivity index (χ2n) is 5.51. The van der Waals surface area contributed by atoms with Gasteiger partial charge in [0.15, 0.2) is 0 Å². The van der Waals surface area contributed by atoms with Crippen LogP contribution in [0.2, 0.25) is 0 Å². The van der Waals surface area contributed by atoms with Crippen LogP contribution in [0.25, 0.3) is 0 Å². The van der Waals surface area contributed by atoms with Crippen molar-refractivity contribution < 1.29 is 17.9 Å². The molecule has 6 nitrogen and oxygen atoms in total. The lowest BCUT2D eigenvalue weighted by Gasteiger charge is -2.31. The molecule has 22 heavy (non-hydrogen) atoms. The first kappa shape index (κ1) is 16.8. The Kier molecular flexibility index (Phi) is 5.08. The summed E-state index contributed by atoms with van der Waals surface area (Å²) in [7, 11) is -2.21. The third kappa shape index (κ3) is 3.25. The zero-order valence-corrected chi connectivity index (χ0v) is 13.7. The van der Waals surface area contributed by atoms with Crippen LogP contribution in [0.5, 0.6) is 5.75 Å². The Labute approximate surface area is 131 Å². The Morgan fingerprint density at radius 2 is 2.18 bits per heavy atom. The van der Waals surface area contributed by atoms with Gasteiger partial charge in [-0.3, -0.25) is 4.79 Å². The van der Waals surface area contributed by atoms with Crippen LogP contribution in [0.4, 0.5) is 0 Å². The number of rotatable bonds is 5. The molecule has 1 fully saturated rings. The molecule has 2 N–H and O–H groups in total. The van der Waals surface area contributed by atoms with Gasteiger partial charge in [0.2, 0.25) is 10.0 Å². The van der Waals surface area contributed by atoms with E-state index < -0.39 is 15.9 Å². The number of ether oxygens (including phenoxy) is 1. The number of benzene rings is 1. The van der Waals surface area contributed by atoms with Gasteiger partial charge in [-0.25, -0.2) is 8.42 Å². The van der Waals surface area contributed by atoms with Gasteiger partial charge in [0.1, 0.15) is 5.75 Å². The van der Waals surface area contributed by atoms with Crippen LogP contribution in [0.1, 0.15) is 36.5 Å². The van der Waals surface area contributed by atoms with Crippen molar-refractivity contribution in [3.05, 3.63) is 23.8 Å². The van der Waals surface area contributed by atoms with E-state index in [-0.39, 0.29) is 16.2 Å². The van der Waals surface area contributed by atoms with Crippen LogP contribution in [0.3, 0.4) is 0 Å². The fourth-order valence-electron chi connectivity index (χ4n) is 2.77. The predicted molar refractivity (Wildman–Crippen MR) is 83.3 cm³/mol. The third-order valence-corrected chi connectivity index (χ3v) is 5.99. The average molecular weight is 326 g/mol. The quantitative estimate of drug-likeness (QED) is 0.890. The molecule has 0 aromatic heterocycles. The van der Waals surface area contributed by atoms with E-state index >= 15 is 0 Å². The van der Waals surface area contributed by atoms with Crippen LogP contribution >= 0.6 is 0 Å². The van der Waals surface area contributed by atoms with Crippen molar-refractivity contribution in [1.29, 1.82) is 0 Å². The molecule has 1 aromatic carbocycles. The Morgan fingerprint density at radius 3 is 2.77 bits per heavy atom. The van der Waals surface area contributed by atoms with E-state index in [1.165, 1.54) is 29.6 Å². The lowest BCUT2D eigenvalue weighted by Crippen LogP contribution is -2.39. The van der Waals surface area contributed by atoms with Gasteiger partial charge < -0.3 is 10.5 Å².